The van der Waals surface area contributed by atoms with Crippen LogP contribution in [0.5, 0.6) is 0 Å². The van der Waals surface area contributed by atoms with E-state index in [1.54, 1.807) is 0 Å². The van der Waals surface area contributed by atoms with Crippen molar-refractivity contribution in [3.63, 3.8) is 0 Å². The fourth-order valence-corrected chi connectivity index (χ4v) is 3.52. The molecule has 0 radical (unpaired) electrons. The van der Waals surface area contributed by atoms with Crippen molar-refractivity contribution in [3.8, 4) is 0 Å². The SMILES string of the molecule is C=C(/C=C(\N)c1cc(C)c(C)cc1CC(C)C(C)(C)CO)/C(=C\C)C(C)(C)C. The first-order valence-corrected chi connectivity index (χ1v) is 10.3. The number of aryl methyl sites for hydroxylation is 2. The quantitative estimate of drug-likeness (QED) is 0.539. The summed E-state index contributed by atoms with van der Waals surface area (Å²) in [4.78, 5) is 0. The van der Waals surface area contributed by atoms with Gasteiger partial charge in [0.15, 0.2) is 0 Å². The molecule has 3 N–H and O–H groups in total. The molecule has 1 atom stereocenters. The molecule has 1 unspecified atom stereocenters. The van der Waals surface area contributed by atoms with Crippen molar-refractivity contribution in [1.82, 2.24) is 0 Å². The maximum Gasteiger partial charge on any atom is 0.0484 e. The molecule has 2 nitrogen and oxygen atoms in total. The molecule has 0 aliphatic rings. The number of allylic oxidation sites excluding steroid dienone is 4. The molecule has 0 aromatic heterocycles. The van der Waals surface area contributed by atoms with Crippen LogP contribution in [0, 0.1) is 30.6 Å². The molecule has 0 amide bonds. The topological polar surface area (TPSA) is 46.2 Å². The molecule has 156 valence electrons. The number of benzene rings is 1. The van der Waals surface area contributed by atoms with Crippen LogP contribution in [-0.2, 0) is 6.42 Å². The van der Waals surface area contributed by atoms with Crippen LogP contribution in [0.3, 0.4) is 0 Å². The second-order valence-corrected chi connectivity index (χ2v) is 9.92. The van der Waals surface area contributed by atoms with Gasteiger partial charge in [0.25, 0.3) is 0 Å². The van der Waals surface area contributed by atoms with Crippen LogP contribution in [0.15, 0.2) is 42.0 Å². The lowest BCUT2D eigenvalue weighted by molar-refractivity contribution is 0.105. The minimum atomic E-state index is -0.136. The van der Waals surface area contributed by atoms with E-state index < -0.39 is 0 Å². The molecule has 0 aliphatic carbocycles. The van der Waals surface area contributed by atoms with E-state index in [4.69, 9.17) is 5.73 Å². The van der Waals surface area contributed by atoms with Crippen LogP contribution in [0.1, 0.15) is 70.7 Å². The highest BCUT2D eigenvalue weighted by molar-refractivity contribution is 5.70. The molecular weight excluding hydrogens is 342 g/mol. The van der Waals surface area contributed by atoms with E-state index >= 15 is 0 Å². The molecule has 1 rings (SSSR count). The van der Waals surface area contributed by atoms with Gasteiger partial charge in [-0.3, -0.25) is 0 Å². The second kappa shape index (κ2) is 9.13. The normalized spacial score (nSPS) is 14.9. The van der Waals surface area contributed by atoms with Gasteiger partial charge in [0.05, 0.1) is 0 Å². The molecule has 1 aromatic rings. The van der Waals surface area contributed by atoms with Gasteiger partial charge in [-0.2, -0.15) is 0 Å². The molecule has 0 bridgehead atoms. The van der Waals surface area contributed by atoms with Gasteiger partial charge in [0.1, 0.15) is 0 Å². The van der Waals surface area contributed by atoms with Crippen LogP contribution in [0.2, 0.25) is 0 Å². The van der Waals surface area contributed by atoms with Crippen molar-refractivity contribution in [1.29, 1.82) is 0 Å². The standard InChI is InChI=1S/C26H41NO/c1-11-23(25(6,7)8)19(4)14-24(27)22-13-18(3)17(2)12-21(22)15-20(5)26(9,10)16-28/h11-14,20,28H,4,15-16,27H2,1-3,5-10H3/b23-11+,24-14-. The van der Waals surface area contributed by atoms with Gasteiger partial charge in [-0.25, -0.2) is 0 Å². The Balaban J connectivity index is 3.39. The predicted octanol–water partition coefficient (Wildman–Crippen LogP) is 6.35. The van der Waals surface area contributed by atoms with Gasteiger partial charge in [0.2, 0.25) is 0 Å². The third-order valence-electron chi connectivity index (χ3n) is 6.07. The Morgan fingerprint density at radius 1 is 1.14 bits per heavy atom. The maximum atomic E-state index is 9.75. The van der Waals surface area contributed by atoms with E-state index in [1.165, 1.54) is 22.3 Å². The molecule has 2 heteroatoms. The fourth-order valence-electron chi connectivity index (χ4n) is 3.52. The Morgan fingerprint density at radius 2 is 1.68 bits per heavy atom. The first-order valence-electron chi connectivity index (χ1n) is 10.3. The summed E-state index contributed by atoms with van der Waals surface area (Å²) in [6.07, 6.45) is 5.01. The highest BCUT2D eigenvalue weighted by Crippen LogP contribution is 2.34. The average molecular weight is 384 g/mol. The molecule has 0 aliphatic heterocycles. The first-order chi connectivity index (χ1) is 12.7. The summed E-state index contributed by atoms with van der Waals surface area (Å²) in [6, 6.07) is 4.44. The minimum absolute atomic E-state index is 0.0221. The Kier molecular flexibility index (Phi) is 7.91. The van der Waals surface area contributed by atoms with E-state index in [0.717, 1.165) is 23.3 Å². The Hall–Kier alpha value is -1.80. The number of rotatable bonds is 7. The zero-order chi connectivity index (χ0) is 21.9. The lowest BCUT2D eigenvalue weighted by Crippen LogP contribution is -2.27. The Bertz CT molecular complexity index is 772. The predicted molar refractivity (Wildman–Crippen MR) is 124 cm³/mol. The highest BCUT2D eigenvalue weighted by Gasteiger charge is 2.26. The summed E-state index contributed by atoms with van der Waals surface area (Å²) in [5.74, 6) is 0.329. The van der Waals surface area contributed by atoms with Gasteiger partial charge in [-0.05, 0) is 83.9 Å². The van der Waals surface area contributed by atoms with Crippen molar-refractivity contribution >= 4 is 5.70 Å². The lowest BCUT2D eigenvalue weighted by atomic mass is 9.76. The highest BCUT2D eigenvalue weighted by atomic mass is 16.3. The lowest BCUT2D eigenvalue weighted by Gasteiger charge is -2.30. The summed E-state index contributed by atoms with van der Waals surface area (Å²) < 4.78 is 0. The van der Waals surface area contributed by atoms with Crippen LogP contribution in [0.25, 0.3) is 5.70 Å². The molecule has 28 heavy (non-hydrogen) atoms. The fraction of sp³-hybridized carbons (Fsp3) is 0.538. The van der Waals surface area contributed by atoms with E-state index in [-0.39, 0.29) is 17.4 Å². The molecule has 0 saturated heterocycles. The first kappa shape index (κ1) is 24.2. The van der Waals surface area contributed by atoms with Crippen molar-refractivity contribution in [2.75, 3.05) is 6.61 Å². The van der Waals surface area contributed by atoms with E-state index in [2.05, 4.69) is 87.1 Å². The second-order valence-electron chi connectivity index (χ2n) is 9.92. The summed E-state index contributed by atoms with van der Waals surface area (Å²) in [6.45, 7) is 23.8. The number of hydrogen-bond acceptors (Lipinski definition) is 2. The van der Waals surface area contributed by atoms with Gasteiger partial charge >= 0.3 is 0 Å². The van der Waals surface area contributed by atoms with Gasteiger partial charge in [-0.1, -0.05) is 60.3 Å². The maximum absolute atomic E-state index is 9.75. The van der Waals surface area contributed by atoms with E-state index in [9.17, 15) is 5.11 Å². The van der Waals surface area contributed by atoms with E-state index in [0.29, 0.717) is 5.92 Å². The van der Waals surface area contributed by atoms with Crippen LogP contribution in [0.4, 0.5) is 0 Å². The summed E-state index contributed by atoms with van der Waals surface area (Å²) in [5, 5.41) is 9.75. The number of aliphatic hydroxyl groups excluding tert-OH is 1. The summed E-state index contributed by atoms with van der Waals surface area (Å²) >= 11 is 0. The van der Waals surface area contributed by atoms with Gasteiger partial charge in [0, 0.05) is 17.9 Å². The van der Waals surface area contributed by atoms with Gasteiger partial charge < -0.3 is 10.8 Å². The largest absolute Gasteiger partial charge is 0.398 e. The summed E-state index contributed by atoms with van der Waals surface area (Å²) in [5.41, 5.74) is 14.2. The van der Waals surface area contributed by atoms with Crippen LogP contribution >= 0.6 is 0 Å². The molecule has 0 saturated carbocycles. The molecule has 0 spiro atoms. The minimum Gasteiger partial charge on any atom is -0.398 e. The Labute approximate surface area is 173 Å². The molecule has 1 aromatic carbocycles. The monoisotopic (exact) mass is 383 g/mol. The van der Waals surface area contributed by atoms with Crippen molar-refractivity contribution in [3.05, 3.63) is 64.3 Å². The molecule has 0 heterocycles. The van der Waals surface area contributed by atoms with Crippen molar-refractivity contribution < 1.29 is 5.11 Å². The molecule has 0 fully saturated rings. The zero-order valence-corrected chi connectivity index (χ0v) is 19.5. The number of hydrogen-bond donors (Lipinski definition) is 2. The number of aliphatic hydroxyl groups is 1. The number of nitrogens with two attached hydrogens (primary N) is 1. The average Bonchev–Trinajstić information content (AvgIpc) is 2.56. The molecular formula is C26H41NO. The van der Waals surface area contributed by atoms with E-state index in [1.807, 2.05) is 6.08 Å². The summed E-state index contributed by atoms with van der Waals surface area (Å²) in [7, 11) is 0. The van der Waals surface area contributed by atoms with Gasteiger partial charge in [-0.15, -0.1) is 0 Å². The van der Waals surface area contributed by atoms with Crippen molar-refractivity contribution in [2.24, 2.45) is 22.5 Å². The van der Waals surface area contributed by atoms with Crippen LogP contribution < -0.4 is 5.73 Å². The smallest absolute Gasteiger partial charge is 0.0484 e. The van der Waals surface area contributed by atoms with Crippen molar-refractivity contribution in [2.45, 2.75) is 68.7 Å². The Morgan fingerprint density at radius 3 is 2.14 bits per heavy atom. The zero-order valence-electron chi connectivity index (χ0n) is 19.5. The van der Waals surface area contributed by atoms with Crippen LogP contribution in [-0.4, -0.2) is 11.7 Å². The third kappa shape index (κ3) is 5.85. The third-order valence-corrected chi connectivity index (χ3v) is 6.07.